The SMILES string of the molecule is CCC1(NCc2c(C)nn(C)c2C)CCC1. The van der Waals surface area contributed by atoms with Crippen LogP contribution in [0.25, 0.3) is 0 Å². The lowest BCUT2D eigenvalue weighted by Gasteiger charge is -2.42. The zero-order valence-electron chi connectivity index (χ0n) is 10.9. The van der Waals surface area contributed by atoms with Gasteiger partial charge in [0.1, 0.15) is 0 Å². The lowest BCUT2D eigenvalue weighted by Crippen LogP contribution is -2.50. The van der Waals surface area contributed by atoms with Crippen LogP contribution in [0.15, 0.2) is 0 Å². The largest absolute Gasteiger partial charge is 0.307 e. The van der Waals surface area contributed by atoms with Gasteiger partial charge in [0, 0.05) is 30.4 Å². The summed E-state index contributed by atoms with van der Waals surface area (Å²) in [7, 11) is 2.02. The molecule has 0 amide bonds. The Labute approximate surface area is 98.2 Å². The number of rotatable bonds is 4. The molecule has 0 saturated heterocycles. The highest BCUT2D eigenvalue weighted by molar-refractivity contribution is 5.24. The van der Waals surface area contributed by atoms with Gasteiger partial charge in [0.25, 0.3) is 0 Å². The van der Waals surface area contributed by atoms with E-state index in [-0.39, 0.29) is 0 Å². The molecule has 1 aromatic rings. The lowest BCUT2D eigenvalue weighted by molar-refractivity contribution is 0.175. The Morgan fingerprint density at radius 3 is 2.44 bits per heavy atom. The van der Waals surface area contributed by atoms with Crippen LogP contribution in [0.2, 0.25) is 0 Å². The van der Waals surface area contributed by atoms with Gasteiger partial charge in [-0.25, -0.2) is 0 Å². The van der Waals surface area contributed by atoms with Crippen LogP contribution in [-0.2, 0) is 13.6 Å². The number of nitrogens with one attached hydrogen (secondary N) is 1. The molecule has 3 heteroatoms. The molecule has 1 aliphatic rings. The predicted molar refractivity (Wildman–Crippen MR) is 66.4 cm³/mol. The summed E-state index contributed by atoms with van der Waals surface area (Å²) in [5.41, 5.74) is 4.25. The third kappa shape index (κ3) is 1.88. The van der Waals surface area contributed by atoms with Crippen LogP contribution in [0, 0.1) is 13.8 Å². The van der Waals surface area contributed by atoms with Gasteiger partial charge in [0.2, 0.25) is 0 Å². The zero-order chi connectivity index (χ0) is 11.8. The summed E-state index contributed by atoms with van der Waals surface area (Å²) in [6.07, 6.45) is 5.29. The van der Waals surface area contributed by atoms with Crippen molar-refractivity contribution in [3.05, 3.63) is 17.0 Å². The van der Waals surface area contributed by atoms with Crippen LogP contribution >= 0.6 is 0 Å². The van der Waals surface area contributed by atoms with Crippen molar-refractivity contribution in [2.75, 3.05) is 0 Å². The van der Waals surface area contributed by atoms with Gasteiger partial charge in [0.05, 0.1) is 5.69 Å². The van der Waals surface area contributed by atoms with Crippen molar-refractivity contribution in [1.82, 2.24) is 15.1 Å². The van der Waals surface area contributed by atoms with E-state index in [9.17, 15) is 0 Å². The highest BCUT2D eigenvalue weighted by Crippen LogP contribution is 2.35. The van der Waals surface area contributed by atoms with Gasteiger partial charge in [-0.05, 0) is 39.5 Å². The molecule has 1 saturated carbocycles. The molecular formula is C13H23N3. The Hall–Kier alpha value is -0.830. The maximum atomic E-state index is 4.46. The Bertz CT molecular complexity index is 369. The van der Waals surface area contributed by atoms with E-state index >= 15 is 0 Å². The lowest BCUT2D eigenvalue weighted by atomic mass is 9.75. The number of aromatic nitrogens is 2. The summed E-state index contributed by atoms with van der Waals surface area (Å²) in [5, 5.41) is 8.20. The van der Waals surface area contributed by atoms with Gasteiger partial charge >= 0.3 is 0 Å². The minimum Gasteiger partial charge on any atom is -0.307 e. The van der Waals surface area contributed by atoms with Crippen molar-refractivity contribution in [2.24, 2.45) is 7.05 Å². The molecule has 0 aliphatic heterocycles. The van der Waals surface area contributed by atoms with Crippen molar-refractivity contribution in [2.45, 2.75) is 58.5 Å². The smallest absolute Gasteiger partial charge is 0.0641 e. The van der Waals surface area contributed by atoms with Gasteiger partial charge in [-0.15, -0.1) is 0 Å². The highest BCUT2D eigenvalue weighted by atomic mass is 15.3. The Balaban J connectivity index is 2.04. The second-order valence-electron chi connectivity index (χ2n) is 5.11. The first-order valence-electron chi connectivity index (χ1n) is 6.32. The van der Waals surface area contributed by atoms with Crippen molar-refractivity contribution in [3.8, 4) is 0 Å². The second kappa shape index (κ2) is 4.21. The number of nitrogens with zero attached hydrogens (tertiary/aromatic N) is 2. The molecular weight excluding hydrogens is 198 g/mol. The molecule has 90 valence electrons. The van der Waals surface area contributed by atoms with Crippen LogP contribution in [0.1, 0.15) is 49.6 Å². The number of hydrogen-bond donors (Lipinski definition) is 1. The van der Waals surface area contributed by atoms with Crippen LogP contribution in [0.5, 0.6) is 0 Å². The molecule has 2 rings (SSSR count). The minimum absolute atomic E-state index is 0.425. The summed E-state index contributed by atoms with van der Waals surface area (Å²) < 4.78 is 1.98. The van der Waals surface area contributed by atoms with Gasteiger partial charge in [-0.2, -0.15) is 5.10 Å². The molecule has 3 nitrogen and oxygen atoms in total. The van der Waals surface area contributed by atoms with Crippen LogP contribution in [0.3, 0.4) is 0 Å². The van der Waals surface area contributed by atoms with Gasteiger partial charge in [-0.3, -0.25) is 4.68 Å². The van der Waals surface area contributed by atoms with E-state index in [1.54, 1.807) is 0 Å². The molecule has 1 heterocycles. The van der Waals surface area contributed by atoms with E-state index in [1.165, 1.54) is 36.9 Å². The number of aryl methyl sites for hydroxylation is 2. The van der Waals surface area contributed by atoms with Crippen molar-refractivity contribution < 1.29 is 0 Å². The first-order valence-corrected chi connectivity index (χ1v) is 6.32. The summed E-state index contributed by atoms with van der Waals surface area (Å²) in [4.78, 5) is 0. The van der Waals surface area contributed by atoms with E-state index in [0.717, 1.165) is 12.2 Å². The molecule has 0 unspecified atom stereocenters. The maximum Gasteiger partial charge on any atom is 0.0641 e. The van der Waals surface area contributed by atoms with E-state index < -0.39 is 0 Å². The van der Waals surface area contributed by atoms with Crippen molar-refractivity contribution in [3.63, 3.8) is 0 Å². The fourth-order valence-electron chi connectivity index (χ4n) is 2.61. The van der Waals surface area contributed by atoms with E-state index in [4.69, 9.17) is 0 Å². The molecule has 1 aliphatic carbocycles. The zero-order valence-corrected chi connectivity index (χ0v) is 10.9. The molecule has 0 aromatic carbocycles. The van der Waals surface area contributed by atoms with E-state index in [2.05, 4.69) is 31.2 Å². The molecule has 1 aromatic heterocycles. The Morgan fingerprint density at radius 2 is 2.06 bits per heavy atom. The summed E-state index contributed by atoms with van der Waals surface area (Å²) in [5.74, 6) is 0. The first-order chi connectivity index (χ1) is 7.58. The molecule has 1 N–H and O–H groups in total. The average molecular weight is 221 g/mol. The summed E-state index contributed by atoms with van der Waals surface area (Å²) in [6.45, 7) is 7.51. The third-order valence-corrected chi connectivity index (χ3v) is 4.29. The van der Waals surface area contributed by atoms with Gasteiger partial charge in [0.15, 0.2) is 0 Å². The molecule has 0 spiro atoms. The summed E-state index contributed by atoms with van der Waals surface area (Å²) >= 11 is 0. The Kier molecular flexibility index (Phi) is 3.06. The third-order valence-electron chi connectivity index (χ3n) is 4.29. The van der Waals surface area contributed by atoms with Crippen LogP contribution in [0.4, 0.5) is 0 Å². The molecule has 0 radical (unpaired) electrons. The van der Waals surface area contributed by atoms with Crippen LogP contribution < -0.4 is 5.32 Å². The maximum absolute atomic E-state index is 4.46. The second-order valence-corrected chi connectivity index (χ2v) is 5.11. The monoisotopic (exact) mass is 221 g/mol. The highest BCUT2D eigenvalue weighted by Gasteiger charge is 2.34. The predicted octanol–water partition coefficient (Wildman–Crippen LogP) is 2.46. The quantitative estimate of drug-likeness (QED) is 0.846. The normalized spacial score (nSPS) is 18.5. The molecule has 0 bridgehead atoms. The number of hydrogen-bond acceptors (Lipinski definition) is 2. The molecule has 0 atom stereocenters. The molecule has 1 fully saturated rings. The first kappa shape index (κ1) is 11.6. The van der Waals surface area contributed by atoms with Crippen molar-refractivity contribution in [1.29, 1.82) is 0 Å². The fourth-order valence-corrected chi connectivity index (χ4v) is 2.61. The molecule has 16 heavy (non-hydrogen) atoms. The standard InChI is InChI=1S/C13H23N3/c1-5-13(7-6-8-13)14-9-12-10(2)15-16(4)11(12)3/h14H,5-9H2,1-4H3. The van der Waals surface area contributed by atoms with E-state index in [1.807, 2.05) is 11.7 Å². The average Bonchev–Trinajstić information content (AvgIpc) is 2.43. The summed E-state index contributed by atoms with van der Waals surface area (Å²) in [6, 6.07) is 0. The topological polar surface area (TPSA) is 29.9 Å². The Morgan fingerprint density at radius 1 is 1.38 bits per heavy atom. The van der Waals surface area contributed by atoms with Gasteiger partial charge < -0.3 is 5.32 Å². The van der Waals surface area contributed by atoms with Crippen LogP contribution in [-0.4, -0.2) is 15.3 Å². The fraction of sp³-hybridized carbons (Fsp3) is 0.769. The van der Waals surface area contributed by atoms with Gasteiger partial charge in [-0.1, -0.05) is 6.92 Å². The van der Waals surface area contributed by atoms with Crippen molar-refractivity contribution >= 4 is 0 Å². The minimum atomic E-state index is 0.425. The van der Waals surface area contributed by atoms with E-state index in [0.29, 0.717) is 5.54 Å².